The number of halogens is 3. The average molecular weight is 705 g/mol. The summed E-state index contributed by atoms with van der Waals surface area (Å²) in [6.07, 6.45) is 5.89. The van der Waals surface area contributed by atoms with Gasteiger partial charge in [0.25, 0.3) is 5.91 Å². The zero-order chi connectivity index (χ0) is 28.1. The first-order chi connectivity index (χ1) is 19.4. The van der Waals surface area contributed by atoms with Gasteiger partial charge < -0.3 is 14.8 Å². The van der Waals surface area contributed by atoms with E-state index in [1.807, 2.05) is 55.5 Å². The molecule has 40 heavy (non-hydrogen) atoms. The van der Waals surface area contributed by atoms with Crippen LogP contribution in [0, 0.1) is 3.57 Å². The van der Waals surface area contributed by atoms with E-state index in [1.54, 1.807) is 29.7 Å². The second kappa shape index (κ2) is 13.4. The molecule has 0 saturated carbocycles. The van der Waals surface area contributed by atoms with Crippen molar-refractivity contribution in [2.75, 3.05) is 11.9 Å². The van der Waals surface area contributed by atoms with Crippen molar-refractivity contribution in [2.45, 2.75) is 39.2 Å². The highest BCUT2D eigenvalue weighted by atomic mass is 127. The smallest absolute Gasteiger partial charge is 0.259 e. The van der Waals surface area contributed by atoms with Crippen LogP contribution in [-0.2, 0) is 19.4 Å². The topological polar surface area (TPSA) is 59.9 Å². The molecule has 4 aromatic rings. The van der Waals surface area contributed by atoms with E-state index >= 15 is 0 Å². The number of carbonyl (C=O) groups excluding carboxylic acids is 1. The molecule has 0 radical (unpaired) electrons. The van der Waals surface area contributed by atoms with Gasteiger partial charge in [-0.2, -0.15) is 0 Å². The first-order valence-electron chi connectivity index (χ1n) is 13.0. The van der Waals surface area contributed by atoms with Crippen LogP contribution >= 0.6 is 57.1 Å². The molecule has 0 atom stereocenters. The van der Waals surface area contributed by atoms with Gasteiger partial charge in [0.15, 0.2) is 11.5 Å². The Morgan fingerprint density at radius 3 is 2.65 bits per heavy atom. The lowest BCUT2D eigenvalue weighted by Crippen LogP contribution is -2.14. The summed E-state index contributed by atoms with van der Waals surface area (Å²) in [5, 5.41) is 4.91. The number of aryl methyl sites for hydroxylation is 1. The van der Waals surface area contributed by atoms with Gasteiger partial charge in [-0.25, -0.2) is 4.99 Å². The summed E-state index contributed by atoms with van der Waals surface area (Å²) in [5.74, 6) is 1.14. The van der Waals surface area contributed by atoms with Gasteiger partial charge in [-0.1, -0.05) is 47.5 Å². The Bertz CT molecular complexity index is 1560. The predicted octanol–water partition coefficient (Wildman–Crippen LogP) is 9.52. The Hall–Kier alpha value is -2.59. The molecule has 0 saturated heterocycles. The van der Waals surface area contributed by atoms with Crippen LogP contribution in [-0.4, -0.2) is 18.7 Å². The van der Waals surface area contributed by atoms with Crippen LogP contribution in [0.2, 0.25) is 10.0 Å². The molecule has 0 unspecified atom stereocenters. The maximum Gasteiger partial charge on any atom is 0.259 e. The molecule has 0 bridgehead atoms. The standard InChI is InChI=1S/C31H27Cl2IN2O3S/c1-2-38-26-15-19(14-25(34)29(26)39-18-20-12-13-21(32)16-24(20)33)17-35-31-28(23-10-6-7-11-27(23)40-31)30(37)36-22-8-4-3-5-9-22/h3-5,8-9,12-17H,2,6-7,10-11,18H2,1H3,(H,36,37). The number of hydrogen-bond acceptors (Lipinski definition) is 5. The monoisotopic (exact) mass is 704 g/mol. The molecule has 9 heteroatoms. The molecular weight excluding hydrogens is 678 g/mol. The van der Waals surface area contributed by atoms with Gasteiger partial charge in [0, 0.05) is 32.4 Å². The first-order valence-corrected chi connectivity index (χ1v) is 15.7. The highest BCUT2D eigenvalue weighted by Crippen LogP contribution is 2.41. The molecule has 206 valence electrons. The Kier molecular flexibility index (Phi) is 9.68. The van der Waals surface area contributed by atoms with E-state index in [-0.39, 0.29) is 12.5 Å². The Balaban J connectivity index is 1.42. The summed E-state index contributed by atoms with van der Waals surface area (Å²) in [4.78, 5) is 19.5. The summed E-state index contributed by atoms with van der Waals surface area (Å²) >= 11 is 16.2. The number of carbonyl (C=O) groups is 1. The third-order valence-corrected chi connectivity index (χ3v) is 9.05. The molecule has 5 rings (SSSR count). The number of anilines is 1. The van der Waals surface area contributed by atoms with Crippen LogP contribution in [0.15, 0.2) is 65.7 Å². The molecule has 1 amide bonds. The molecular formula is C31H27Cl2IN2O3S. The van der Waals surface area contributed by atoms with Gasteiger partial charge >= 0.3 is 0 Å². The summed E-state index contributed by atoms with van der Waals surface area (Å²) in [7, 11) is 0. The molecule has 3 aromatic carbocycles. The Morgan fingerprint density at radius 2 is 1.88 bits per heavy atom. The number of nitrogens with zero attached hydrogens (tertiary/aromatic N) is 1. The number of thiophene rings is 1. The van der Waals surface area contributed by atoms with Crippen molar-refractivity contribution in [3.8, 4) is 11.5 Å². The van der Waals surface area contributed by atoms with E-state index in [2.05, 4.69) is 27.9 Å². The Morgan fingerprint density at radius 1 is 1.07 bits per heavy atom. The lowest BCUT2D eigenvalue weighted by molar-refractivity contribution is 0.102. The quantitative estimate of drug-likeness (QED) is 0.140. The number of ether oxygens (including phenoxy) is 2. The molecule has 5 nitrogen and oxygen atoms in total. The predicted molar refractivity (Wildman–Crippen MR) is 174 cm³/mol. The van der Waals surface area contributed by atoms with E-state index in [9.17, 15) is 4.79 Å². The molecule has 1 N–H and O–H groups in total. The molecule has 0 aliphatic heterocycles. The molecule has 1 heterocycles. The van der Waals surface area contributed by atoms with Crippen LogP contribution < -0.4 is 14.8 Å². The lowest BCUT2D eigenvalue weighted by Gasteiger charge is -2.15. The largest absolute Gasteiger partial charge is 0.490 e. The summed E-state index contributed by atoms with van der Waals surface area (Å²) < 4.78 is 13.0. The van der Waals surface area contributed by atoms with Crippen LogP contribution in [0.3, 0.4) is 0 Å². The zero-order valence-corrected chi connectivity index (χ0v) is 26.3. The van der Waals surface area contributed by atoms with Gasteiger partial charge in [-0.15, -0.1) is 11.3 Å². The maximum atomic E-state index is 13.4. The normalized spacial score (nSPS) is 12.8. The van der Waals surface area contributed by atoms with Crippen molar-refractivity contribution < 1.29 is 14.3 Å². The van der Waals surface area contributed by atoms with Crippen molar-refractivity contribution in [1.29, 1.82) is 0 Å². The third-order valence-electron chi connectivity index (χ3n) is 6.46. The average Bonchev–Trinajstić information content (AvgIpc) is 3.32. The zero-order valence-electron chi connectivity index (χ0n) is 21.8. The van der Waals surface area contributed by atoms with Gasteiger partial charge in [-0.3, -0.25) is 4.79 Å². The molecule has 1 aromatic heterocycles. The number of para-hydroxylation sites is 1. The number of amides is 1. The van der Waals surface area contributed by atoms with Gasteiger partial charge in [0.05, 0.1) is 15.7 Å². The third kappa shape index (κ3) is 6.82. The number of benzene rings is 3. The second-order valence-electron chi connectivity index (χ2n) is 9.26. The van der Waals surface area contributed by atoms with Crippen molar-refractivity contribution in [1.82, 2.24) is 0 Å². The minimum absolute atomic E-state index is 0.119. The van der Waals surface area contributed by atoms with Crippen molar-refractivity contribution in [3.05, 3.63) is 101 Å². The minimum atomic E-state index is -0.119. The van der Waals surface area contributed by atoms with E-state index in [0.29, 0.717) is 33.7 Å². The number of nitrogens with one attached hydrogen (secondary N) is 1. The van der Waals surface area contributed by atoms with Gasteiger partial charge in [0.1, 0.15) is 11.6 Å². The molecule has 0 spiro atoms. The van der Waals surface area contributed by atoms with Crippen molar-refractivity contribution in [3.63, 3.8) is 0 Å². The van der Waals surface area contributed by atoms with Crippen molar-refractivity contribution >= 4 is 79.9 Å². The summed E-state index contributed by atoms with van der Waals surface area (Å²) in [6.45, 7) is 2.69. The fourth-order valence-corrected chi connectivity index (χ4v) is 7.05. The highest BCUT2D eigenvalue weighted by molar-refractivity contribution is 14.1. The molecule has 1 aliphatic carbocycles. The lowest BCUT2D eigenvalue weighted by atomic mass is 9.95. The number of aliphatic imine (C=N–C) groups is 1. The van der Waals surface area contributed by atoms with Crippen LogP contribution in [0.4, 0.5) is 10.7 Å². The molecule has 0 fully saturated rings. The van der Waals surface area contributed by atoms with E-state index in [4.69, 9.17) is 37.7 Å². The first kappa shape index (κ1) is 28.9. The van der Waals surface area contributed by atoms with Crippen LogP contribution in [0.25, 0.3) is 0 Å². The highest BCUT2D eigenvalue weighted by Gasteiger charge is 2.25. The fraction of sp³-hybridized carbons (Fsp3) is 0.226. The van der Waals surface area contributed by atoms with Gasteiger partial charge in [0.2, 0.25) is 0 Å². The number of rotatable bonds is 9. The fourth-order valence-electron chi connectivity index (χ4n) is 4.58. The Labute approximate surface area is 261 Å². The maximum absolute atomic E-state index is 13.4. The van der Waals surface area contributed by atoms with E-state index in [1.165, 1.54) is 4.88 Å². The summed E-state index contributed by atoms with van der Waals surface area (Å²) in [6, 6.07) is 18.8. The van der Waals surface area contributed by atoms with Gasteiger partial charge in [-0.05, 0) is 103 Å². The van der Waals surface area contributed by atoms with Crippen LogP contribution in [0.5, 0.6) is 11.5 Å². The van der Waals surface area contributed by atoms with E-state index in [0.717, 1.165) is 56.6 Å². The van der Waals surface area contributed by atoms with E-state index < -0.39 is 0 Å². The second-order valence-corrected chi connectivity index (χ2v) is 12.3. The number of fused-ring (bicyclic) bond motifs is 1. The molecule has 1 aliphatic rings. The minimum Gasteiger partial charge on any atom is -0.490 e. The van der Waals surface area contributed by atoms with Crippen molar-refractivity contribution in [2.24, 2.45) is 4.99 Å². The van der Waals surface area contributed by atoms with Crippen LogP contribution in [0.1, 0.15) is 51.7 Å². The SMILES string of the molecule is CCOc1cc(C=Nc2sc3c(c2C(=O)Nc2ccccc2)CCCC3)cc(I)c1OCc1ccc(Cl)cc1Cl. The number of hydrogen-bond donors (Lipinski definition) is 1. The summed E-state index contributed by atoms with van der Waals surface area (Å²) in [5.41, 5.74) is 4.26.